The standard InChI is InChI=1S/C31H37Cl2N3O5S/c1-22(2)34-31(38)29(18-23-10-6-5-7-11-23)35(21-24-15-16-25(32)19-28(24)33)30(37)14-9-17-36(42(4,39)40)26-12-8-13-27(20-26)41-3/h5-8,10-13,15-16,19-20,22,29H,9,14,17-18,21H2,1-4H3,(H,34,38). The van der Waals surface area contributed by atoms with Crippen molar-refractivity contribution in [1.29, 1.82) is 0 Å². The lowest BCUT2D eigenvalue weighted by atomic mass is 10.0. The third-order valence-corrected chi connectivity index (χ3v) is 8.33. The van der Waals surface area contributed by atoms with Crippen LogP contribution in [0.2, 0.25) is 10.0 Å². The molecule has 0 aliphatic rings. The Balaban J connectivity index is 1.91. The van der Waals surface area contributed by atoms with E-state index in [4.69, 9.17) is 27.9 Å². The second-order valence-electron chi connectivity index (χ2n) is 10.3. The molecule has 1 N–H and O–H groups in total. The second-order valence-corrected chi connectivity index (χ2v) is 13.0. The first-order valence-corrected chi connectivity index (χ1v) is 16.2. The number of sulfonamides is 1. The number of benzene rings is 3. The molecule has 0 spiro atoms. The SMILES string of the molecule is COc1cccc(N(CCCC(=O)N(Cc2ccc(Cl)cc2Cl)C(Cc2ccccc2)C(=O)NC(C)C)S(C)(=O)=O)c1. The normalized spacial score (nSPS) is 12.1. The number of nitrogens with zero attached hydrogens (tertiary/aromatic N) is 2. The van der Waals surface area contributed by atoms with Gasteiger partial charge >= 0.3 is 0 Å². The molecule has 0 aliphatic carbocycles. The molecule has 0 bridgehead atoms. The van der Waals surface area contributed by atoms with Gasteiger partial charge in [-0.3, -0.25) is 13.9 Å². The van der Waals surface area contributed by atoms with Gasteiger partial charge in [0.05, 0.1) is 19.1 Å². The van der Waals surface area contributed by atoms with E-state index in [1.807, 2.05) is 44.2 Å². The second kappa shape index (κ2) is 15.3. The number of methoxy groups -OCH3 is 1. The molecular weight excluding hydrogens is 597 g/mol. The molecule has 3 aromatic rings. The highest BCUT2D eigenvalue weighted by molar-refractivity contribution is 7.92. The van der Waals surface area contributed by atoms with Gasteiger partial charge in [0.15, 0.2) is 0 Å². The molecule has 1 unspecified atom stereocenters. The fourth-order valence-electron chi connectivity index (χ4n) is 4.54. The number of halogens is 2. The van der Waals surface area contributed by atoms with Crippen LogP contribution in [-0.4, -0.2) is 57.1 Å². The molecule has 0 aromatic heterocycles. The van der Waals surface area contributed by atoms with Crippen molar-refractivity contribution in [1.82, 2.24) is 10.2 Å². The predicted octanol–water partition coefficient (Wildman–Crippen LogP) is 5.71. The first kappa shape index (κ1) is 33.2. The van der Waals surface area contributed by atoms with E-state index in [9.17, 15) is 18.0 Å². The Morgan fingerprint density at radius 1 is 0.976 bits per heavy atom. The summed E-state index contributed by atoms with van der Waals surface area (Å²) in [7, 11) is -2.14. The minimum atomic E-state index is -3.64. The number of carbonyl (C=O) groups is 2. The van der Waals surface area contributed by atoms with Crippen molar-refractivity contribution >= 4 is 50.7 Å². The molecule has 3 aromatic carbocycles. The Morgan fingerprint density at radius 2 is 1.69 bits per heavy atom. The Labute approximate surface area is 258 Å². The lowest BCUT2D eigenvalue weighted by Crippen LogP contribution is -2.51. The van der Waals surface area contributed by atoms with Crippen LogP contribution in [0, 0.1) is 0 Å². The van der Waals surface area contributed by atoms with Gasteiger partial charge in [-0.05, 0) is 55.7 Å². The number of hydrogen-bond donors (Lipinski definition) is 1. The quantitative estimate of drug-likeness (QED) is 0.245. The largest absolute Gasteiger partial charge is 0.497 e. The van der Waals surface area contributed by atoms with Crippen LogP contribution < -0.4 is 14.4 Å². The Hall–Kier alpha value is -3.27. The Morgan fingerprint density at radius 3 is 2.31 bits per heavy atom. The van der Waals surface area contributed by atoms with Crippen molar-refractivity contribution in [3.8, 4) is 5.75 Å². The zero-order valence-corrected chi connectivity index (χ0v) is 26.5. The average molecular weight is 635 g/mol. The van der Waals surface area contributed by atoms with E-state index in [1.54, 1.807) is 42.5 Å². The average Bonchev–Trinajstić information content (AvgIpc) is 2.93. The maximum Gasteiger partial charge on any atom is 0.243 e. The van der Waals surface area contributed by atoms with E-state index in [0.29, 0.717) is 27.0 Å². The van der Waals surface area contributed by atoms with Gasteiger partial charge in [0, 0.05) is 48.1 Å². The fourth-order valence-corrected chi connectivity index (χ4v) is 5.96. The Kier molecular flexibility index (Phi) is 12.1. The number of ether oxygens (including phenoxy) is 1. The van der Waals surface area contributed by atoms with Gasteiger partial charge in [-0.1, -0.05) is 65.7 Å². The number of amides is 2. The van der Waals surface area contributed by atoms with Gasteiger partial charge in [0.1, 0.15) is 11.8 Å². The van der Waals surface area contributed by atoms with Crippen molar-refractivity contribution in [2.45, 2.75) is 51.7 Å². The number of carbonyl (C=O) groups excluding carboxylic acids is 2. The van der Waals surface area contributed by atoms with E-state index in [1.165, 1.54) is 16.3 Å². The van der Waals surface area contributed by atoms with Crippen LogP contribution in [0.5, 0.6) is 5.75 Å². The van der Waals surface area contributed by atoms with Gasteiger partial charge < -0.3 is 15.0 Å². The van der Waals surface area contributed by atoms with Crippen molar-refractivity contribution < 1.29 is 22.7 Å². The van der Waals surface area contributed by atoms with Crippen LogP contribution in [0.3, 0.4) is 0 Å². The summed E-state index contributed by atoms with van der Waals surface area (Å²) in [5.74, 6) is -0.0791. The molecule has 11 heteroatoms. The van der Waals surface area contributed by atoms with Gasteiger partial charge in [0.25, 0.3) is 0 Å². The molecule has 0 heterocycles. The smallest absolute Gasteiger partial charge is 0.243 e. The zero-order valence-electron chi connectivity index (χ0n) is 24.2. The van der Waals surface area contributed by atoms with Gasteiger partial charge in [-0.15, -0.1) is 0 Å². The summed E-state index contributed by atoms with van der Waals surface area (Å²) in [6.07, 6.45) is 1.63. The molecule has 0 fully saturated rings. The molecule has 226 valence electrons. The highest BCUT2D eigenvalue weighted by atomic mass is 35.5. The van der Waals surface area contributed by atoms with Crippen molar-refractivity contribution in [3.05, 3.63) is 94.0 Å². The van der Waals surface area contributed by atoms with E-state index in [2.05, 4.69) is 5.32 Å². The Bertz CT molecular complexity index is 1470. The van der Waals surface area contributed by atoms with Crippen LogP contribution in [0.4, 0.5) is 5.69 Å². The summed E-state index contributed by atoms with van der Waals surface area (Å²) in [6, 6.07) is 20.2. The highest BCUT2D eigenvalue weighted by Gasteiger charge is 2.31. The lowest BCUT2D eigenvalue weighted by Gasteiger charge is -2.32. The summed E-state index contributed by atoms with van der Waals surface area (Å²) >= 11 is 12.6. The summed E-state index contributed by atoms with van der Waals surface area (Å²) in [5.41, 5.74) is 1.97. The van der Waals surface area contributed by atoms with Crippen LogP contribution in [0.15, 0.2) is 72.8 Å². The lowest BCUT2D eigenvalue weighted by molar-refractivity contribution is -0.141. The van der Waals surface area contributed by atoms with E-state index < -0.39 is 16.1 Å². The van der Waals surface area contributed by atoms with Crippen molar-refractivity contribution in [2.24, 2.45) is 0 Å². The summed E-state index contributed by atoms with van der Waals surface area (Å²) < 4.78 is 31.8. The third-order valence-electron chi connectivity index (χ3n) is 6.55. The molecular formula is C31H37Cl2N3O5S. The summed E-state index contributed by atoms with van der Waals surface area (Å²) in [5, 5.41) is 3.78. The van der Waals surface area contributed by atoms with Crippen molar-refractivity contribution in [2.75, 3.05) is 24.2 Å². The van der Waals surface area contributed by atoms with Gasteiger partial charge in [0.2, 0.25) is 21.8 Å². The third kappa shape index (κ3) is 9.64. The molecule has 0 radical (unpaired) electrons. The zero-order chi connectivity index (χ0) is 30.9. The molecule has 0 aliphatic heterocycles. The highest BCUT2D eigenvalue weighted by Crippen LogP contribution is 2.26. The minimum absolute atomic E-state index is 0.00143. The van der Waals surface area contributed by atoms with Gasteiger partial charge in [-0.25, -0.2) is 8.42 Å². The molecule has 1 atom stereocenters. The molecule has 2 amide bonds. The van der Waals surface area contributed by atoms with E-state index in [-0.39, 0.29) is 50.2 Å². The van der Waals surface area contributed by atoms with Gasteiger partial charge in [-0.2, -0.15) is 0 Å². The maximum absolute atomic E-state index is 13.9. The summed E-state index contributed by atoms with van der Waals surface area (Å²) in [6.45, 7) is 3.86. The number of hydrogen-bond acceptors (Lipinski definition) is 5. The topological polar surface area (TPSA) is 96.0 Å². The molecule has 0 saturated carbocycles. The fraction of sp³-hybridized carbons (Fsp3) is 0.355. The van der Waals surface area contributed by atoms with Crippen LogP contribution in [0.1, 0.15) is 37.8 Å². The maximum atomic E-state index is 13.9. The predicted molar refractivity (Wildman–Crippen MR) is 169 cm³/mol. The minimum Gasteiger partial charge on any atom is -0.497 e. The number of rotatable bonds is 14. The summed E-state index contributed by atoms with van der Waals surface area (Å²) in [4.78, 5) is 29.0. The first-order chi connectivity index (χ1) is 19.9. The van der Waals surface area contributed by atoms with Crippen molar-refractivity contribution in [3.63, 3.8) is 0 Å². The monoisotopic (exact) mass is 633 g/mol. The molecule has 3 rings (SSSR count). The van der Waals surface area contributed by atoms with Crippen LogP contribution in [-0.2, 0) is 32.6 Å². The van der Waals surface area contributed by atoms with E-state index >= 15 is 0 Å². The number of nitrogens with one attached hydrogen (secondary N) is 1. The van der Waals surface area contributed by atoms with E-state index in [0.717, 1.165) is 11.8 Å². The first-order valence-electron chi connectivity index (χ1n) is 13.6. The van der Waals surface area contributed by atoms with Crippen LogP contribution in [0.25, 0.3) is 0 Å². The molecule has 0 saturated heterocycles. The number of anilines is 1. The molecule has 8 nitrogen and oxygen atoms in total. The van der Waals surface area contributed by atoms with Crippen LogP contribution >= 0.6 is 23.2 Å². The molecule has 42 heavy (non-hydrogen) atoms.